The van der Waals surface area contributed by atoms with Crippen molar-refractivity contribution < 1.29 is 14.7 Å². The molecule has 6 nitrogen and oxygen atoms in total. The summed E-state index contributed by atoms with van der Waals surface area (Å²) >= 11 is 0.945. The van der Waals surface area contributed by atoms with Crippen molar-refractivity contribution in [2.24, 2.45) is 0 Å². The van der Waals surface area contributed by atoms with Gasteiger partial charge in [0.25, 0.3) is 11.1 Å². The third-order valence-electron chi connectivity index (χ3n) is 2.76. The van der Waals surface area contributed by atoms with Crippen LogP contribution in [0.1, 0.15) is 0 Å². The second-order valence-electron chi connectivity index (χ2n) is 3.94. The van der Waals surface area contributed by atoms with Crippen molar-refractivity contribution in [3.8, 4) is 0 Å². The molecular formula is C10H15N3O3S. The molecule has 17 heavy (non-hydrogen) atoms. The normalized spacial score (nSPS) is 24.5. The van der Waals surface area contributed by atoms with E-state index in [9.17, 15) is 9.59 Å². The smallest absolute Gasteiger partial charge is 0.290 e. The first-order valence-electron chi connectivity index (χ1n) is 5.51. The fourth-order valence-electron chi connectivity index (χ4n) is 1.83. The van der Waals surface area contributed by atoms with E-state index in [-0.39, 0.29) is 17.8 Å². The van der Waals surface area contributed by atoms with Gasteiger partial charge in [0.2, 0.25) is 0 Å². The van der Waals surface area contributed by atoms with Gasteiger partial charge < -0.3 is 10.0 Å². The Balaban J connectivity index is 1.87. The molecule has 2 amide bonds. The first kappa shape index (κ1) is 12.4. The number of nitrogens with one attached hydrogen (secondary N) is 1. The molecule has 2 rings (SSSR count). The summed E-state index contributed by atoms with van der Waals surface area (Å²) in [4.78, 5) is 27.0. The van der Waals surface area contributed by atoms with Crippen LogP contribution in [0.3, 0.4) is 0 Å². The number of β-amino-alcohol motifs (C(OH)–C–C–N with tert-alkyl or cyclic N) is 1. The summed E-state index contributed by atoms with van der Waals surface area (Å²) in [6.07, 6.45) is 1.75. The van der Waals surface area contributed by atoms with Gasteiger partial charge in [-0.1, -0.05) is 0 Å². The summed E-state index contributed by atoms with van der Waals surface area (Å²) < 4.78 is 0. The van der Waals surface area contributed by atoms with E-state index in [1.807, 2.05) is 4.90 Å². The van der Waals surface area contributed by atoms with Gasteiger partial charge in [-0.2, -0.15) is 0 Å². The highest BCUT2D eigenvalue weighted by Gasteiger charge is 2.26. The predicted molar refractivity (Wildman–Crippen MR) is 64.3 cm³/mol. The quantitative estimate of drug-likeness (QED) is 0.659. The molecule has 2 N–H and O–H groups in total. The molecule has 0 aromatic heterocycles. The van der Waals surface area contributed by atoms with Crippen molar-refractivity contribution in [2.45, 2.75) is 0 Å². The highest BCUT2D eigenvalue weighted by Crippen LogP contribution is 2.23. The van der Waals surface area contributed by atoms with Crippen LogP contribution in [0, 0.1) is 0 Å². The van der Waals surface area contributed by atoms with Crippen LogP contribution >= 0.6 is 11.8 Å². The van der Waals surface area contributed by atoms with Crippen molar-refractivity contribution in [1.29, 1.82) is 0 Å². The van der Waals surface area contributed by atoms with Gasteiger partial charge in [0.1, 0.15) is 0 Å². The molecule has 0 aromatic carbocycles. The first-order chi connectivity index (χ1) is 8.19. The third kappa shape index (κ3) is 3.21. The van der Waals surface area contributed by atoms with Crippen LogP contribution in [0.25, 0.3) is 0 Å². The zero-order chi connectivity index (χ0) is 12.3. The number of imide groups is 1. The Labute approximate surface area is 104 Å². The zero-order valence-corrected chi connectivity index (χ0v) is 10.2. The first-order valence-corrected chi connectivity index (χ1v) is 6.33. The Bertz CT molecular complexity index is 351. The molecule has 0 bridgehead atoms. The molecule has 0 atom stereocenters. The fraction of sp³-hybridized carbons (Fsp3) is 0.600. The largest absolute Gasteiger partial charge is 0.395 e. The Morgan fingerprint density at radius 1 is 1.29 bits per heavy atom. The number of thioether (sulfide) groups is 1. The maximum absolute atomic E-state index is 11.3. The maximum atomic E-state index is 11.3. The molecule has 0 aromatic rings. The van der Waals surface area contributed by atoms with E-state index >= 15 is 0 Å². The maximum Gasteiger partial charge on any atom is 0.290 e. The number of rotatable bonds is 3. The number of aliphatic hydroxyl groups is 1. The molecule has 0 unspecified atom stereocenters. The van der Waals surface area contributed by atoms with Crippen LogP contribution in [0.5, 0.6) is 0 Å². The van der Waals surface area contributed by atoms with Crippen LogP contribution in [0.4, 0.5) is 4.79 Å². The Kier molecular flexibility index (Phi) is 4.03. The average molecular weight is 257 g/mol. The lowest BCUT2D eigenvalue weighted by molar-refractivity contribution is -0.115. The van der Waals surface area contributed by atoms with E-state index in [2.05, 4.69) is 10.2 Å². The average Bonchev–Trinajstić information content (AvgIpc) is 2.61. The lowest BCUT2D eigenvalue weighted by Gasteiger charge is -2.33. The van der Waals surface area contributed by atoms with Crippen LogP contribution in [-0.2, 0) is 4.79 Å². The van der Waals surface area contributed by atoms with Crippen molar-refractivity contribution in [3.05, 3.63) is 11.1 Å². The molecule has 0 spiro atoms. The van der Waals surface area contributed by atoms with Gasteiger partial charge in [-0.25, -0.2) is 0 Å². The van der Waals surface area contributed by atoms with Crippen LogP contribution in [0.2, 0.25) is 0 Å². The highest BCUT2D eigenvalue weighted by molar-refractivity contribution is 8.18. The molecule has 0 saturated carbocycles. The Hall–Kier alpha value is -1.05. The molecule has 2 heterocycles. The molecule has 94 valence electrons. The monoisotopic (exact) mass is 257 g/mol. The van der Waals surface area contributed by atoms with E-state index in [1.165, 1.54) is 0 Å². The minimum Gasteiger partial charge on any atom is -0.395 e. The molecule has 2 saturated heterocycles. The van der Waals surface area contributed by atoms with Crippen LogP contribution < -0.4 is 5.32 Å². The molecule has 2 aliphatic rings. The predicted octanol–water partition coefficient (Wildman–Crippen LogP) is -0.579. The van der Waals surface area contributed by atoms with Gasteiger partial charge >= 0.3 is 0 Å². The van der Waals surface area contributed by atoms with Gasteiger partial charge in [0.05, 0.1) is 11.5 Å². The zero-order valence-electron chi connectivity index (χ0n) is 9.39. The third-order valence-corrected chi connectivity index (χ3v) is 3.56. The minimum absolute atomic E-state index is 0.174. The molecule has 2 aliphatic heterocycles. The summed E-state index contributed by atoms with van der Waals surface area (Å²) in [7, 11) is 0. The summed E-state index contributed by atoms with van der Waals surface area (Å²) in [5, 5.41) is 10.7. The number of nitrogens with zero attached hydrogens (tertiary/aromatic N) is 2. The number of carbonyl (C=O) groups is 2. The van der Waals surface area contributed by atoms with Crippen molar-refractivity contribution in [1.82, 2.24) is 15.1 Å². The summed E-state index contributed by atoms with van der Waals surface area (Å²) in [5.74, 6) is -0.308. The summed E-state index contributed by atoms with van der Waals surface area (Å²) in [6, 6.07) is 0. The number of hydrogen-bond donors (Lipinski definition) is 2. The number of aliphatic hydroxyl groups excluding tert-OH is 1. The van der Waals surface area contributed by atoms with Gasteiger partial charge in [0.15, 0.2) is 0 Å². The second-order valence-corrected chi connectivity index (χ2v) is 4.95. The van der Waals surface area contributed by atoms with Gasteiger partial charge in [-0.15, -0.1) is 0 Å². The van der Waals surface area contributed by atoms with Gasteiger partial charge in [0, 0.05) is 38.9 Å². The molecule has 0 radical (unpaired) electrons. The van der Waals surface area contributed by atoms with Gasteiger partial charge in [-0.05, 0) is 11.8 Å². The standard InChI is InChI=1S/C10H15N3O3S/c14-6-5-12-1-3-13(4-2-12)7-8-9(15)11-10(16)17-8/h7,14H,1-6H2,(H,11,15,16)/b8-7-. The molecule has 0 aliphatic carbocycles. The Morgan fingerprint density at radius 2 is 2.00 bits per heavy atom. The lowest BCUT2D eigenvalue weighted by Crippen LogP contribution is -2.45. The van der Waals surface area contributed by atoms with E-state index in [1.54, 1.807) is 6.20 Å². The number of hydrogen-bond acceptors (Lipinski definition) is 6. The summed E-state index contributed by atoms with van der Waals surface area (Å²) in [5.41, 5.74) is 0. The van der Waals surface area contributed by atoms with E-state index in [4.69, 9.17) is 5.11 Å². The van der Waals surface area contributed by atoms with E-state index in [0.29, 0.717) is 11.4 Å². The Morgan fingerprint density at radius 3 is 2.53 bits per heavy atom. The summed E-state index contributed by atoms with van der Waals surface area (Å²) in [6.45, 7) is 4.22. The number of amides is 2. The van der Waals surface area contributed by atoms with Gasteiger partial charge in [-0.3, -0.25) is 19.8 Å². The van der Waals surface area contributed by atoms with Crippen molar-refractivity contribution in [2.75, 3.05) is 39.3 Å². The van der Waals surface area contributed by atoms with E-state index in [0.717, 1.165) is 37.9 Å². The topological polar surface area (TPSA) is 72.9 Å². The number of piperazine rings is 1. The molecule has 2 fully saturated rings. The van der Waals surface area contributed by atoms with E-state index < -0.39 is 0 Å². The second kappa shape index (κ2) is 5.52. The van der Waals surface area contributed by atoms with Crippen molar-refractivity contribution >= 4 is 22.9 Å². The van der Waals surface area contributed by atoms with Crippen molar-refractivity contribution in [3.63, 3.8) is 0 Å². The molecular weight excluding hydrogens is 242 g/mol. The van der Waals surface area contributed by atoms with Crippen LogP contribution in [0.15, 0.2) is 11.1 Å². The van der Waals surface area contributed by atoms with Crippen LogP contribution in [-0.4, -0.2) is 65.4 Å². The lowest BCUT2D eigenvalue weighted by atomic mass is 10.3. The molecule has 7 heteroatoms. The minimum atomic E-state index is -0.308. The SMILES string of the molecule is O=C1NC(=O)/C(=C/N2CCN(CCO)CC2)S1. The highest BCUT2D eigenvalue weighted by atomic mass is 32.2. The number of carbonyl (C=O) groups excluding carboxylic acids is 2. The fourth-order valence-corrected chi connectivity index (χ4v) is 2.52.